The normalized spacial score (nSPS) is 14.9. The molecule has 0 saturated carbocycles. The maximum Gasteiger partial charge on any atom is 0.291 e. The summed E-state index contributed by atoms with van der Waals surface area (Å²) in [4.78, 5) is 24.5. The van der Waals surface area contributed by atoms with Crippen molar-refractivity contribution in [3.63, 3.8) is 0 Å². The van der Waals surface area contributed by atoms with Crippen LogP contribution in [0.15, 0.2) is 39.6 Å². The molecule has 2 amide bonds. The third kappa shape index (κ3) is 4.68. The molecule has 2 aromatic rings. The molecule has 0 aliphatic carbocycles. The fraction of sp³-hybridized carbons (Fsp3) is 0.400. The predicted molar refractivity (Wildman–Crippen MR) is 108 cm³/mol. The van der Waals surface area contributed by atoms with E-state index in [-0.39, 0.29) is 28.4 Å². The third-order valence-electron chi connectivity index (χ3n) is 4.60. The van der Waals surface area contributed by atoms with Crippen LogP contribution in [0.25, 0.3) is 0 Å². The first kappa shape index (κ1) is 21.1. The van der Waals surface area contributed by atoms with Crippen LogP contribution in [0.3, 0.4) is 0 Å². The van der Waals surface area contributed by atoms with E-state index in [9.17, 15) is 18.0 Å². The van der Waals surface area contributed by atoms with Gasteiger partial charge < -0.3 is 15.1 Å². The Balaban J connectivity index is 1.72. The minimum atomic E-state index is -3.66. The van der Waals surface area contributed by atoms with Crippen molar-refractivity contribution in [1.82, 2.24) is 9.62 Å². The van der Waals surface area contributed by atoms with Crippen LogP contribution in [0.1, 0.15) is 53.4 Å². The number of rotatable bonds is 6. The summed E-state index contributed by atoms with van der Waals surface area (Å²) in [6.45, 7) is 6.23. The van der Waals surface area contributed by atoms with Crippen LogP contribution in [0, 0.1) is 6.92 Å². The number of anilines is 1. The van der Waals surface area contributed by atoms with Crippen LogP contribution in [0.2, 0.25) is 0 Å². The van der Waals surface area contributed by atoms with Crippen LogP contribution in [0.4, 0.5) is 5.69 Å². The van der Waals surface area contributed by atoms with E-state index in [1.807, 2.05) is 13.8 Å². The van der Waals surface area contributed by atoms with Gasteiger partial charge in [0, 0.05) is 36.4 Å². The molecular weight excluding hydrogens is 394 g/mol. The zero-order valence-corrected chi connectivity index (χ0v) is 17.5. The van der Waals surface area contributed by atoms with Crippen molar-refractivity contribution in [2.75, 3.05) is 18.4 Å². The van der Waals surface area contributed by atoms with Gasteiger partial charge in [-0.3, -0.25) is 9.59 Å². The summed E-state index contributed by atoms with van der Waals surface area (Å²) < 4.78 is 32.3. The Labute approximate surface area is 170 Å². The SMILES string of the molecule is Cc1oc(C(=O)Nc2ccc(C(=O)NC(C)C)cc2)cc1S(=O)(=O)N1CCCC1. The summed E-state index contributed by atoms with van der Waals surface area (Å²) in [6, 6.07) is 7.70. The highest BCUT2D eigenvalue weighted by molar-refractivity contribution is 7.89. The van der Waals surface area contributed by atoms with Crippen LogP contribution >= 0.6 is 0 Å². The van der Waals surface area contributed by atoms with E-state index in [4.69, 9.17) is 4.42 Å². The van der Waals surface area contributed by atoms with Crippen molar-refractivity contribution < 1.29 is 22.4 Å². The van der Waals surface area contributed by atoms with E-state index in [0.717, 1.165) is 12.8 Å². The Morgan fingerprint density at radius 2 is 1.69 bits per heavy atom. The average molecular weight is 420 g/mol. The van der Waals surface area contributed by atoms with E-state index in [2.05, 4.69) is 10.6 Å². The summed E-state index contributed by atoms with van der Waals surface area (Å²) in [5, 5.41) is 5.44. The summed E-state index contributed by atoms with van der Waals surface area (Å²) in [5.41, 5.74) is 0.943. The second-order valence-corrected chi connectivity index (χ2v) is 9.21. The van der Waals surface area contributed by atoms with Crippen molar-refractivity contribution in [1.29, 1.82) is 0 Å². The van der Waals surface area contributed by atoms with E-state index in [1.54, 1.807) is 24.3 Å². The molecule has 29 heavy (non-hydrogen) atoms. The maximum atomic E-state index is 12.7. The third-order valence-corrected chi connectivity index (χ3v) is 6.61. The zero-order chi connectivity index (χ0) is 21.2. The number of nitrogens with zero attached hydrogens (tertiary/aromatic N) is 1. The van der Waals surface area contributed by atoms with Crippen LogP contribution in [-0.2, 0) is 10.0 Å². The molecule has 8 nitrogen and oxygen atoms in total. The molecule has 1 aliphatic heterocycles. The molecule has 0 bridgehead atoms. The highest BCUT2D eigenvalue weighted by Crippen LogP contribution is 2.26. The number of benzene rings is 1. The Bertz CT molecular complexity index is 1000. The smallest absolute Gasteiger partial charge is 0.291 e. The number of furan rings is 1. The van der Waals surface area contributed by atoms with Crippen molar-refractivity contribution in [3.8, 4) is 0 Å². The zero-order valence-electron chi connectivity index (χ0n) is 16.7. The number of sulfonamides is 1. The van der Waals surface area contributed by atoms with Gasteiger partial charge in [0.1, 0.15) is 10.7 Å². The van der Waals surface area contributed by atoms with Gasteiger partial charge in [0.05, 0.1) is 0 Å². The fourth-order valence-electron chi connectivity index (χ4n) is 3.14. The van der Waals surface area contributed by atoms with Crippen molar-refractivity contribution in [2.45, 2.75) is 44.6 Å². The highest BCUT2D eigenvalue weighted by Gasteiger charge is 2.31. The van der Waals surface area contributed by atoms with Gasteiger partial charge in [-0.15, -0.1) is 0 Å². The molecule has 1 aromatic carbocycles. The highest BCUT2D eigenvalue weighted by atomic mass is 32.2. The summed E-state index contributed by atoms with van der Waals surface area (Å²) in [7, 11) is -3.66. The molecule has 0 radical (unpaired) electrons. The summed E-state index contributed by atoms with van der Waals surface area (Å²) in [6.07, 6.45) is 1.66. The second-order valence-electron chi connectivity index (χ2n) is 7.30. The molecular formula is C20H25N3O5S. The number of hydrogen-bond acceptors (Lipinski definition) is 5. The van der Waals surface area contributed by atoms with Gasteiger partial charge in [-0.1, -0.05) is 0 Å². The number of carbonyl (C=O) groups is 2. The lowest BCUT2D eigenvalue weighted by molar-refractivity contribution is 0.0942. The predicted octanol–water partition coefficient (Wildman–Crippen LogP) is 2.76. The molecule has 0 atom stereocenters. The van der Waals surface area contributed by atoms with Gasteiger partial charge in [-0.2, -0.15) is 4.31 Å². The molecule has 1 fully saturated rings. The molecule has 1 aromatic heterocycles. The molecule has 2 heterocycles. The Morgan fingerprint density at radius 1 is 1.07 bits per heavy atom. The Morgan fingerprint density at radius 3 is 2.28 bits per heavy atom. The monoisotopic (exact) mass is 419 g/mol. The largest absolute Gasteiger partial charge is 0.455 e. The van der Waals surface area contributed by atoms with Crippen LogP contribution in [-0.4, -0.2) is 43.7 Å². The minimum absolute atomic E-state index is 0.0188. The van der Waals surface area contributed by atoms with E-state index in [1.165, 1.54) is 17.3 Å². The number of aryl methyl sites for hydroxylation is 1. The second kappa shape index (κ2) is 8.38. The average Bonchev–Trinajstić information content (AvgIpc) is 3.32. The van der Waals surface area contributed by atoms with Gasteiger partial charge in [0.2, 0.25) is 10.0 Å². The Hall–Kier alpha value is -2.65. The van der Waals surface area contributed by atoms with E-state index >= 15 is 0 Å². The topological polar surface area (TPSA) is 109 Å². The Kier molecular flexibility index (Phi) is 6.09. The number of amides is 2. The van der Waals surface area contributed by atoms with Crippen LogP contribution < -0.4 is 10.6 Å². The van der Waals surface area contributed by atoms with Crippen LogP contribution in [0.5, 0.6) is 0 Å². The van der Waals surface area contributed by atoms with Crippen molar-refractivity contribution in [3.05, 3.63) is 47.4 Å². The number of carbonyl (C=O) groups excluding carboxylic acids is 2. The molecule has 3 rings (SSSR count). The van der Waals surface area contributed by atoms with Gasteiger partial charge in [0.25, 0.3) is 11.8 Å². The van der Waals surface area contributed by atoms with Gasteiger partial charge in [-0.25, -0.2) is 8.42 Å². The van der Waals surface area contributed by atoms with E-state index in [0.29, 0.717) is 24.3 Å². The van der Waals surface area contributed by atoms with Gasteiger partial charge in [-0.05, 0) is 57.9 Å². The lowest BCUT2D eigenvalue weighted by atomic mass is 10.2. The molecule has 1 saturated heterocycles. The standard InChI is InChI=1S/C20H25N3O5S/c1-13(2)21-19(24)15-6-8-16(9-7-15)22-20(25)17-12-18(14(3)28-17)29(26,27)23-10-4-5-11-23/h6-9,12-13H,4-5,10-11H2,1-3H3,(H,21,24)(H,22,25). The first-order valence-corrected chi connectivity index (χ1v) is 11.0. The lowest BCUT2D eigenvalue weighted by Crippen LogP contribution is -2.30. The summed E-state index contributed by atoms with van der Waals surface area (Å²) in [5.74, 6) is -0.656. The van der Waals surface area contributed by atoms with E-state index < -0.39 is 15.9 Å². The first-order chi connectivity index (χ1) is 13.7. The van der Waals surface area contributed by atoms with Gasteiger partial charge in [0.15, 0.2) is 5.76 Å². The minimum Gasteiger partial charge on any atom is -0.455 e. The van der Waals surface area contributed by atoms with Crippen molar-refractivity contribution >= 4 is 27.5 Å². The lowest BCUT2D eigenvalue weighted by Gasteiger charge is -2.14. The quantitative estimate of drug-likeness (QED) is 0.748. The molecule has 2 N–H and O–H groups in total. The number of hydrogen-bond donors (Lipinski definition) is 2. The summed E-state index contributed by atoms with van der Waals surface area (Å²) >= 11 is 0. The van der Waals surface area contributed by atoms with Gasteiger partial charge >= 0.3 is 0 Å². The number of nitrogens with one attached hydrogen (secondary N) is 2. The molecule has 156 valence electrons. The molecule has 0 unspecified atom stereocenters. The van der Waals surface area contributed by atoms with Crippen molar-refractivity contribution in [2.24, 2.45) is 0 Å². The first-order valence-electron chi connectivity index (χ1n) is 9.51. The molecule has 1 aliphatic rings. The maximum absolute atomic E-state index is 12.7. The fourth-order valence-corrected chi connectivity index (χ4v) is 4.82. The molecule has 0 spiro atoms. The molecule has 9 heteroatoms.